The Balaban J connectivity index is 1.82. The van der Waals surface area contributed by atoms with Gasteiger partial charge in [0.15, 0.2) is 0 Å². The summed E-state index contributed by atoms with van der Waals surface area (Å²) in [4.78, 5) is 0. The summed E-state index contributed by atoms with van der Waals surface area (Å²) >= 11 is 0. The van der Waals surface area contributed by atoms with E-state index in [-0.39, 0.29) is 28.1 Å². The highest BCUT2D eigenvalue weighted by atomic mass is 16.3. The van der Waals surface area contributed by atoms with Gasteiger partial charge in [-0.05, 0) is 71.3 Å². The quantitative estimate of drug-likeness (QED) is 0.446. The lowest BCUT2D eigenvalue weighted by atomic mass is 9.71. The van der Waals surface area contributed by atoms with Gasteiger partial charge in [0.05, 0.1) is 0 Å². The second kappa shape index (κ2) is 8.20. The Bertz CT molecular complexity index is 878. The number of phenolic OH excluding ortho intramolecular Hbond substituents is 3. The average Bonchev–Trinajstić information content (AvgIpc) is 2.69. The van der Waals surface area contributed by atoms with E-state index >= 15 is 0 Å². The minimum Gasteiger partial charge on any atom is -0.508 e. The normalized spacial score (nSPS) is 12.1. The van der Waals surface area contributed by atoms with Gasteiger partial charge in [0.1, 0.15) is 17.2 Å². The van der Waals surface area contributed by atoms with Crippen LogP contribution in [-0.4, -0.2) is 15.3 Å². The second-order valence-corrected chi connectivity index (χ2v) is 8.71. The maximum atomic E-state index is 9.71. The van der Waals surface area contributed by atoms with Crippen molar-refractivity contribution in [1.29, 1.82) is 0 Å². The molecule has 0 heterocycles. The summed E-state index contributed by atoms with van der Waals surface area (Å²) in [6, 6.07) is 22.3. The van der Waals surface area contributed by atoms with Crippen LogP contribution in [0.1, 0.15) is 56.7 Å². The van der Waals surface area contributed by atoms with Gasteiger partial charge in [-0.2, -0.15) is 0 Å². The monoisotopic (exact) mass is 390 g/mol. The third-order valence-electron chi connectivity index (χ3n) is 6.14. The van der Waals surface area contributed by atoms with Crippen molar-refractivity contribution in [2.45, 2.75) is 50.9 Å². The Morgan fingerprint density at radius 3 is 1.24 bits per heavy atom. The Labute approximate surface area is 173 Å². The molecule has 0 saturated heterocycles. The van der Waals surface area contributed by atoms with Crippen molar-refractivity contribution >= 4 is 0 Å². The molecule has 3 nitrogen and oxygen atoms in total. The first-order valence-corrected chi connectivity index (χ1v) is 10.1. The van der Waals surface area contributed by atoms with Crippen molar-refractivity contribution < 1.29 is 15.3 Å². The summed E-state index contributed by atoms with van der Waals surface area (Å²) in [6.45, 7) is 6.69. The maximum absolute atomic E-state index is 9.71. The lowest BCUT2D eigenvalue weighted by Gasteiger charge is -2.33. The van der Waals surface area contributed by atoms with E-state index in [2.05, 4.69) is 20.8 Å². The fraction of sp³-hybridized carbons (Fsp3) is 0.308. The van der Waals surface area contributed by atoms with Crippen LogP contribution >= 0.6 is 0 Å². The first-order chi connectivity index (χ1) is 13.7. The molecule has 0 aliphatic carbocycles. The van der Waals surface area contributed by atoms with E-state index < -0.39 is 0 Å². The van der Waals surface area contributed by atoms with Gasteiger partial charge in [-0.3, -0.25) is 0 Å². The van der Waals surface area contributed by atoms with Crippen LogP contribution in [0, 0.1) is 0 Å². The molecule has 3 N–H and O–H groups in total. The molecule has 0 spiro atoms. The van der Waals surface area contributed by atoms with Crippen LogP contribution in [0.3, 0.4) is 0 Å². The standard InChI is InChI=1S/C26H30O3/c1-25(2,19-5-11-22(27)12-6-19)17-4-18-26(3,20-7-13-23(28)14-8-20)21-9-15-24(29)16-10-21/h5-16,27-29H,4,17-18H2,1-3H3. The molecule has 152 valence electrons. The molecular formula is C26H30O3. The highest BCUT2D eigenvalue weighted by molar-refractivity contribution is 5.42. The molecule has 0 aromatic heterocycles. The predicted molar refractivity (Wildman–Crippen MR) is 118 cm³/mol. The SMILES string of the molecule is CC(C)(CCCC(C)(c1ccc(O)cc1)c1ccc(O)cc1)c1ccc(O)cc1. The van der Waals surface area contributed by atoms with Gasteiger partial charge in [0.2, 0.25) is 0 Å². The molecule has 3 aromatic rings. The number of hydrogen-bond donors (Lipinski definition) is 3. The van der Waals surface area contributed by atoms with Crippen LogP contribution < -0.4 is 0 Å². The Kier molecular flexibility index (Phi) is 5.88. The number of rotatable bonds is 7. The molecule has 0 amide bonds. The van der Waals surface area contributed by atoms with Crippen LogP contribution in [-0.2, 0) is 10.8 Å². The smallest absolute Gasteiger partial charge is 0.115 e. The molecule has 29 heavy (non-hydrogen) atoms. The maximum Gasteiger partial charge on any atom is 0.115 e. The van der Waals surface area contributed by atoms with Gasteiger partial charge in [0, 0.05) is 5.41 Å². The molecule has 0 saturated carbocycles. The summed E-state index contributed by atoms with van der Waals surface area (Å²) in [7, 11) is 0. The molecule has 0 aliphatic rings. The lowest BCUT2D eigenvalue weighted by Crippen LogP contribution is -2.25. The van der Waals surface area contributed by atoms with Crippen molar-refractivity contribution in [2.75, 3.05) is 0 Å². The van der Waals surface area contributed by atoms with Crippen molar-refractivity contribution in [1.82, 2.24) is 0 Å². The van der Waals surface area contributed by atoms with Gasteiger partial charge >= 0.3 is 0 Å². The van der Waals surface area contributed by atoms with Crippen LogP contribution in [0.2, 0.25) is 0 Å². The highest BCUT2D eigenvalue weighted by Gasteiger charge is 2.30. The molecule has 0 radical (unpaired) electrons. The third kappa shape index (κ3) is 4.73. The van der Waals surface area contributed by atoms with Crippen LogP contribution in [0.25, 0.3) is 0 Å². The molecule has 3 aromatic carbocycles. The summed E-state index contributed by atoms with van der Waals surface area (Å²) in [5.41, 5.74) is 3.27. The summed E-state index contributed by atoms with van der Waals surface area (Å²) in [5, 5.41) is 29.0. The number of aromatic hydroxyl groups is 3. The Morgan fingerprint density at radius 2 is 0.862 bits per heavy atom. The van der Waals surface area contributed by atoms with E-state index in [0.29, 0.717) is 0 Å². The second-order valence-electron chi connectivity index (χ2n) is 8.71. The minimum absolute atomic E-state index is 0.00147. The molecule has 0 atom stereocenters. The zero-order chi connectivity index (χ0) is 21.1. The largest absolute Gasteiger partial charge is 0.508 e. The van der Waals surface area contributed by atoms with Crippen molar-refractivity contribution in [2.24, 2.45) is 0 Å². The van der Waals surface area contributed by atoms with E-state index in [4.69, 9.17) is 0 Å². The van der Waals surface area contributed by atoms with Crippen molar-refractivity contribution in [3.8, 4) is 17.2 Å². The van der Waals surface area contributed by atoms with Crippen LogP contribution in [0.15, 0.2) is 72.8 Å². The third-order valence-corrected chi connectivity index (χ3v) is 6.14. The van der Waals surface area contributed by atoms with E-state index in [0.717, 1.165) is 30.4 Å². The Hall–Kier alpha value is -2.94. The Morgan fingerprint density at radius 1 is 0.517 bits per heavy atom. The fourth-order valence-corrected chi connectivity index (χ4v) is 4.05. The molecule has 0 bridgehead atoms. The number of phenols is 3. The molecule has 0 fully saturated rings. The van der Waals surface area contributed by atoms with Crippen molar-refractivity contribution in [3.05, 3.63) is 89.5 Å². The number of hydrogen-bond acceptors (Lipinski definition) is 3. The molecule has 3 heteroatoms. The van der Waals surface area contributed by atoms with Gasteiger partial charge in [-0.25, -0.2) is 0 Å². The number of benzene rings is 3. The van der Waals surface area contributed by atoms with E-state index in [1.165, 1.54) is 5.56 Å². The molecular weight excluding hydrogens is 360 g/mol. The minimum atomic E-state index is -0.230. The summed E-state index contributed by atoms with van der Waals surface area (Å²) in [5.74, 6) is 0.808. The van der Waals surface area contributed by atoms with Crippen LogP contribution in [0.5, 0.6) is 17.2 Å². The predicted octanol–water partition coefficient (Wildman–Crippen LogP) is 6.26. The summed E-state index contributed by atoms with van der Waals surface area (Å²) in [6.07, 6.45) is 2.94. The van der Waals surface area contributed by atoms with E-state index in [1.807, 2.05) is 36.4 Å². The first kappa shape index (κ1) is 20.8. The lowest BCUT2D eigenvalue weighted by molar-refractivity contribution is 0.405. The molecule has 0 aliphatic heterocycles. The molecule has 3 rings (SSSR count). The average molecular weight is 391 g/mol. The van der Waals surface area contributed by atoms with Gasteiger partial charge in [0.25, 0.3) is 0 Å². The van der Waals surface area contributed by atoms with Gasteiger partial charge in [-0.1, -0.05) is 63.6 Å². The first-order valence-electron chi connectivity index (χ1n) is 10.1. The van der Waals surface area contributed by atoms with E-state index in [9.17, 15) is 15.3 Å². The summed E-state index contributed by atoms with van der Waals surface area (Å²) < 4.78 is 0. The molecule has 0 unspecified atom stereocenters. The van der Waals surface area contributed by atoms with E-state index in [1.54, 1.807) is 36.4 Å². The topological polar surface area (TPSA) is 60.7 Å². The fourth-order valence-electron chi connectivity index (χ4n) is 4.05. The zero-order valence-electron chi connectivity index (χ0n) is 17.4. The highest BCUT2D eigenvalue weighted by Crippen LogP contribution is 2.40. The van der Waals surface area contributed by atoms with Crippen molar-refractivity contribution in [3.63, 3.8) is 0 Å². The van der Waals surface area contributed by atoms with Crippen LogP contribution in [0.4, 0.5) is 0 Å². The zero-order valence-corrected chi connectivity index (χ0v) is 17.4. The van der Waals surface area contributed by atoms with Gasteiger partial charge < -0.3 is 15.3 Å². The van der Waals surface area contributed by atoms with Gasteiger partial charge in [-0.15, -0.1) is 0 Å².